The predicted octanol–water partition coefficient (Wildman–Crippen LogP) is 3.57. The number of hydrogen-bond acceptors (Lipinski definition) is 8. The number of rotatable bonds is 16. The average molecular weight is 767 g/mol. The summed E-state index contributed by atoms with van der Waals surface area (Å²) in [7, 11) is 0. The third kappa shape index (κ3) is 14.7. The number of nitrogens with one attached hydrogen (secondary N) is 6. The molecule has 0 heterocycles. The van der Waals surface area contributed by atoms with Gasteiger partial charge in [0.25, 0.3) is 5.91 Å². The maximum absolute atomic E-state index is 13.0. The molecule has 0 unspecified atom stereocenters. The Morgan fingerprint density at radius 1 is 0.702 bits per heavy atom. The van der Waals surface area contributed by atoms with Crippen molar-refractivity contribution in [2.45, 2.75) is 53.3 Å². The van der Waals surface area contributed by atoms with Crippen LogP contribution in [0.1, 0.15) is 50.5 Å². The largest absolute Gasteiger partial charge is 0.449 e. The summed E-state index contributed by atoms with van der Waals surface area (Å²) in [6.45, 7) is 9.56. The zero-order chi connectivity index (χ0) is 34.9. The molecular weight excluding hydrogens is 723 g/mol. The van der Waals surface area contributed by atoms with Gasteiger partial charge in [-0.15, -0.1) is 0 Å². The van der Waals surface area contributed by atoms with Crippen LogP contribution in [-0.2, 0) is 30.5 Å². The summed E-state index contributed by atoms with van der Waals surface area (Å²) in [6.07, 6.45) is -1.21. The van der Waals surface area contributed by atoms with Crippen LogP contribution in [0.5, 0.6) is 0 Å². The van der Waals surface area contributed by atoms with Gasteiger partial charge in [0.1, 0.15) is 18.7 Å². The van der Waals surface area contributed by atoms with Gasteiger partial charge in [-0.05, 0) is 60.7 Å². The molecule has 0 aliphatic carbocycles. The molecule has 0 saturated heterocycles. The molecule has 2 aromatic carbocycles. The summed E-state index contributed by atoms with van der Waals surface area (Å²) in [4.78, 5) is 73.7. The Balaban J connectivity index is 1.79. The number of benzene rings is 2. The van der Waals surface area contributed by atoms with Crippen molar-refractivity contribution >= 4 is 69.8 Å². The van der Waals surface area contributed by atoms with Gasteiger partial charge in [-0.1, -0.05) is 62.4 Å². The van der Waals surface area contributed by atoms with Gasteiger partial charge in [-0.2, -0.15) is 0 Å². The molecule has 2 atom stereocenters. The van der Waals surface area contributed by atoms with Gasteiger partial charge in [0.2, 0.25) is 17.7 Å². The van der Waals surface area contributed by atoms with Gasteiger partial charge in [0, 0.05) is 30.0 Å². The molecule has 256 valence electrons. The molecule has 2 rings (SSSR count). The highest BCUT2D eigenvalue weighted by Gasteiger charge is 2.27. The highest BCUT2D eigenvalue weighted by atomic mass is 127. The molecule has 0 fully saturated rings. The smallest absolute Gasteiger partial charge is 0.407 e. The fourth-order valence-corrected chi connectivity index (χ4v) is 3.98. The Bertz CT molecular complexity index is 1370. The molecule has 6 amide bonds. The minimum absolute atomic E-state index is 0.0159. The number of carbonyl (C=O) groups excluding carboxylic acids is 6. The SMILES string of the molecule is CC(C)COC(=O)NCCNC(=O)OCc1ccc(NC(=O)[C@H](C)NC(=O)[C@@H](NC(=O)c2ccc(NC(=O)CI)cc2)C(C)C)cc1. The molecular formula is C32H43IN6O8. The number of alkyl carbamates (subject to hydrolysis) is 2. The van der Waals surface area contributed by atoms with Crippen molar-refractivity contribution in [3.8, 4) is 0 Å². The minimum atomic E-state index is -0.917. The lowest BCUT2D eigenvalue weighted by atomic mass is 10.0. The van der Waals surface area contributed by atoms with E-state index in [0.717, 1.165) is 0 Å². The number of carbonyl (C=O) groups is 6. The molecule has 2 aromatic rings. The van der Waals surface area contributed by atoms with Crippen LogP contribution < -0.4 is 31.9 Å². The molecule has 0 saturated carbocycles. The van der Waals surface area contributed by atoms with Crippen molar-refractivity contribution in [3.05, 3.63) is 59.7 Å². The summed E-state index contributed by atoms with van der Waals surface area (Å²) >= 11 is 1.95. The van der Waals surface area contributed by atoms with Gasteiger partial charge in [-0.3, -0.25) is 19.2 Å². The highest BCUT2D eigenvalue weighted by molar-refractivity contribution is 14.1. The first-order chi connectivity index (χ1) is 22.3. The highest BCUT2D eigenvalue weighted by Crippen LogP contribution is 2.13. The van der Waals surface area contributed by atoms with Crippen LogP contribution >= 0.6 is 22.6 Å². The number of ether oxygens (including phenoxy) is 2. The maximum atomic E-state index is 13.0. The van der Waals surface area contributed by atoms with E-state index in [1.807, 2.05) is 36.4 Å². The Morgan fingerprint density at radius 3 is 1.81 bits per heavy atom. The van der Waals surface area contributed by atoms with Gasteiger partial charge >= 0.3 is 12.2 Å². The van der Waals surface area contributed by atoms with E-state index >= 15 is 0 Å². The van der Waals surface area contributed by atoms with Crippen LogP contribution in [0.25, 0.3) is 0 Å². The van der Waals surface area contributed by atoms with E-state index in [9.17, 15) is 28.8 Å². The second-order valence-electron chi connectivity index (χ2n) is 11.3. The lowest BCUT2D eigenvalue weighted by Crippen LogP contribution is -2.53. The third-order valence-corrected chi connectivity index (χ3v) is 7.04. The molecule has 0 bridgehead atoms. The van der Waals surface area contributed by atoms with E-state index in [-0.39, 0.29) is 37.4 Å². The van der Waals surface area contributed by atoms with Crippen molar-refractivity contribution in [1.29, 1.82) is 0 Å². The third-order valence-electron chi connectivity index (χ3n) is 6.34. The Kier molecular flexibility index (Phi) is 16.5. The fraction of sp³-hybridized carbons (Fsp3) is 0.438. The molecule has 6 N–H and O–H groups in total. The van der Waals surface area contributed by atoms with Crippen molar-refractivity contribution in [2.75, 3.05) is 34.8 Å². The predicted molar refractivity (Wildman–Crippen MR) is 185 cm³/mol. The molecule has 0 aromatic heterocycles. The van der Waals surface area contributed by atoms with Gasteiger partial charge in [-0.25, -0.2) is 9.59 Å². The fourth-order valence-electron chi connectivity index (χ4n) is 3.78. The van der Waals surface area contributed by atoms with E-state index in [2.05, 4.69) is 31.9 Å². The first-order valence-electron chi connectivity index (χ1n) is 15.1. The van der Waals surface area contributed by atoms with Crippen LogP contribution in [0, 0.1) is 11.8 Å². The quantitative estimate of drug-likeness (QED) is 0.0849. The van der Waals surface area contributed by atoms with Crippen LogP contribution in [0.3, 0.4) is 0 Å². The molecule has 0 aliphatic rings. The summed E-state index contributed by atoms with van der Waals surface area (Å²) in [5.41, 5.74) is 2.00. The average Bonchev–Trinajstić information content (AvgIpc) is 3.04. The lowest BCUT2D eigenvalue weighted by Gasteiger charge is -2.24. The molecule has 0 aliphatic heterocycles. The summed E-state index contributed by atoms with van der Waals surface area (Å²) < 4.78 is 10.4. The Labute approximate surface area is 288 Å². The topological polar surface area (TPSA) is 193 Å². The van der Waals surface area contributed by atoms with Crippen LogP contribution in [-0.4, -0.2) is 72.0 Å². The standard InChI is InChI=1S/C32H43IN6O8/c1-19(2)17-46-31(44)34-14-15-35-32(45)47-18-22-6-10-25(11-7-22)38-28(41)21(5)36-30(43)27(20(3)4)39-29(42)23-8-12-24(13-9-23)37-26(40)16-33/h6-13,19-21,27H,14-18H2,1-5H3,(H,34,44)(H,35,45)(H,36,43)(H,37,40)(H,38,41)(H,39,42)/t21-,27-/m0/s1. The second-order valence-corrected chi connectivity index (χ2v) is 12.1. The number of alkyl halides is 1. The van der Waals surface area contributed by atoms with E-state index in [1.165, 1.54) is 6.92 Å². The lowest BCUT2D eigenvalue weighted by molar-refractivity contribution is -0.128. The summed E-state index contributed by atoms with van der Waals surface area (Å²) in [5.74, 6) is -1.67. The zero-order valence-corrected chi connectivity index (χ0v) is 29.3. The van der Waals surface area contributed by atoms with E-state index in [4.69, 9.17) is 9.47 Å². The summed E-state index contributed by atoms with van der Waals surface area (Å²) in [5, 5.41) is 15.8. The maximum Gasteiger partial charge on any atom is 0.407 e. The van der Waals surface area contributed by atoms with E-state index < -0.39 is 42.0 Å². The van der Waals surface area contributed by atoms with Crippen molar-refractivity contribution in [3.63, 3.8) is 0 Å². The Hall–Kier alpha value is -4.41. The normalized spacial score (nSPS) is 11.9. The van der Waals surface area contributed by atoms with Crippen molar-refractivity contribution < 1.29 is 38.2 Å². The second kappa shape index (κ2) is 20.0. The molecule has 47 heavy (non-hydrogen) atoms. The van der Waals surface area contributed by atoms with E-state index in [0.29, 0.717) is 33.5 Å². The Morgan fingerprint density at radius 2 is 1.26 bits per heavy atom. The first kappa shape index (κ1) is 38.8. The van der Waals surface area contributed by atoms with Crippen molar-refractivity contribution in [1.82, 2.24) is 21.3 Å². The monoisotopic (exact) mass is 766 g/mol. The molecule has 15 heteroatoms. The summed E-state index contributed by atoms with van der Waals surface area (Å²) in [6, 6.07) is 11.1. The zero-order valence-electron chi connectivity index (χ0n) is 27.1. The molecule has 0 radical (unpaired) electrons. The van der Waals surface area contributed by atoms with Crippen molar-refractivity contribution in [2.24, 2.45) is 11.8 Å². The van der Waals surface area contributed by atoms with Gasteiger partial charge in [0.05, 0.1) is 11.0 Å². The van der Waals surface area contributed by atoms with E-state index in [1.54, 1.807) is 62.4 Å². The number of hydrogen-bond donors (Lipinski definition) is 6. The number of halogens is 1. The molecule has 14 nitrogen and oxygen atoms in total. The van der Waals surface area contributed by atoms with Crippen LogP contribution in [0.15, 0.2) is 48.5 Å². The number of amides is 6. The first-order valence-corrected chi connectivity index (χ1v) is 16.6. The van der Waals surface area contributed by atoms with Crippen LogP contribution in [0.4, 0.5) is 21.0 Å². The van der Waals surface area contributed by atoms with Crippen LogP contribution in [0.2, 0.25) is 0 Å². The van der Waals surface area contributed by atoms with Gasteiger partial charge < -0.3 is 41.4 Å². The number of anilines is 2. The van der Waals surface area contributed by atoms with Gasteiger partial charge in [0.15, 0.2) is 0 Å². The molecule has 0 spiro atoms. The minimum Gasteiger partial charge on any atom is -0.449 e.